The number of benzene rings is 1. The number of ether oxygens (including phenoxy) is 2. The summed E-state index contributed by atoms with van der Waals surface area (Å²) in [6.45, 7) is 6.57. The highest BCUT2D eigenvalue weighted by Crippen LogP contribution is 2.51. The van der Waals surface area contributed by atoms with Gasteiger partial charge in [0.05, 0.1) is 0 Å². The molecule has 162 valence electrons. The molecular formula is C23H26N4O3S. The smallest absolute Gasteiger partial charge is 0.231 e. The molecule has 31 heavy (non-hydrogen) atoms. The Bertz CT molecular complexity index is 1110. The SMILES string of the molecule is CCCSc1nc(N)c2c(n1)NC1=C(C(=O)CC(C)(C)C1)C2c1ccc2c(c1)OCO2. The molecule has 0 bridgehead atoms. The molecule has 0 saturated carbocycles. The Hall–Kier alpha value is -2.74. The van der Waals surface area contributed by atoms with E-state index in [0.29, 0.717) is 34.7 Å². The fourth-order valence-corrected chi connectivity index (χ4v) is 5.30. The van der Waals surface area contributed by atoms with E-state index in [1.807, 2.05) is 18.2 Å². The average molecular weight is 439 g/mol. The van der Waals surface area contributed by atoms with Crippen LogP contribution >= 0.6 is 11.8 Å². The van der Waals surface area contributed by atoms with Gasteiger partial charge in [0.1, 0.15) is 11.6 Å². The van der Waals surface area contributed by atoms with E-state index in [2.05, 4.69) is 31.1 Å². The zero-order valence-electron chi connectivity index (χ0n) is 17.9. The monoisotopic (exact) mass is 438 g/mol. The third-order valence-electron chi connectivity index (χ3n) is 5.89. The standard InChI is InChI=1S/C23H26N4O3S/c1-4-7-31-22-26-20(24)19-17(12-5-6-15-16(8-12)30-11-29-15)18-13(25-21(19)27-22)9-23(2,3)10-14(18)28/h5-6,8,17H,4,7,9-11H2,1-3H3,(H3,24,25,26,27). The Kier molecular flexibility index (Phi) is 4.84. The second kappa shape index (κ2) is 7.44. The van der Waals surface area contributed by atoms with Gasteiger partial charge in [-0.15, -0.1) is 0 Å². The highest BCUT2D eigenvalue weighted by atomic mass is 32.2. The van der Waals surface area contributed by atoms with E-state index in [1.54, 1.807) is 11.8 Å². The van der Waals surface area contributed by atoms with Crippen LogP contribution in [0.3, 0.4) is 0 Å². The number of carbonyl (C=O) groups is 1. The Balaban J connectivity index is 1.68. The number of fused-ring (bicyclic) bond motifs is 2. The first-order chi connectivity index (χ1) is 14.9. The largest absolute Gasteiger partial charge is 0.454 e. The Labute approximate surface area is 185 Å². The van der Waals surface area contributed by atoms with E-state index >= 15 is 0 Å². The molecule has 2 aromatic rings. The van der Waals surface area contributed by atoms with Crippen molar-refractivity contribution in [2.45, 2.75) is 51.1 Å². The van der Waals surface area contributed by atoms with Gasteiger partial charge in [-0.3, -0.25) is 4.79 Å². The number of ketones is 1. The lowest BCUT2D eigenvalue weighted by Crippen LogP contribution is -2.34. The normalized spacial score (nSPS) is 20.9. The van der Waals surface area contributed by atoms with Gasteiger partial charge in [0.2, 0.25) is 6.79 Å². The predicted octanol–water partition coefficient (Wildman–Crippen LogP) is 4.49. The van der Waals surface area contributed by atoms with Gasteiger partial charge in [-0.2, -0.15) is 0 Å². The van der Waals surface area contributed by atoms with Crippen molar-refractivity contribution in [3.63, 3.8) is 0 Å². The lowest BCUT2D eigenvalue weighted by atomic mass is 9.69. The molecule has 1 unspecified atom stereocenters. The number of thioether (sulfide) groups is 1. The molecule has 1 aromatic heterocycles. The van der Waals surface area contributed by atoms with E-state index in [-0.39, 0.29) is 23.9 Å². The number of aromatic nitrogens is 2. The summed E-state index contributed by atoms with van der Waals surface area (Å²) < 4.78 is 11.1. The maximum absolute atomic E-state index is 13.4. The van der Waals surface area contributed by atoms with Crippen LogP contribution in [0.1, 0.15) is 57.1 Å². The zero-order chi connectivity index (χ0) is 21.8. The van der Waals surface area contributed by atoms with Crippen LogP contribution in [-0.4, -0.2) is 28.3 Å². The molecule has 3 aliphatic rings. The number of rotatable bonds is 4. The van der Waals surface area contributed by atoms with Crippen LogP contribution in [0.2, 0.25) is 0 Å². The number of hydrogen-bond donors (Lipinski definition) is 2. The summed E-state index contributed by atoms with van der Waals surface area (Å²) in [5.41, 5.74) is 9.74. The summed E-state index contributed by atoms with van der Waals surface area (Å²) in [5, 5.41) is 4.11. The zero-order valence-corrected chi connectivity index (χ0v) is 18.8. The molecule has 0 fully saturated rings. The van der Waals surface area contributed by atoms with Crippen molar-refractivity contribution in [3.8, 4) is 11.5 Å². The molecule has 3 N–H and O–H groups in total. The number of nitrogens with one attached hydrogen (secondary N) is 1. The average Bonchev–Trinajstić information content (AvgIpc) is 3.17. The molecule has 0 amide bonds. The van der Waals surface area contributed by atoms with Crippen molar-refractivity contribution in [2.75, 3.05) is 23.6 Å². The first-order valence-corrected chi connectivity index (χ1v) is 11.6. The maximum atomic E-state index is 13.4. The van der Waals surface area contributed by atoms with E-state index in [1.165, 1.54) is 0 Å². The second-order valence-corrected chi connectivity index (χ2v) is 10.1. The summed E-state index contributed by atoms with van der Waals surface area (Å²) in [6, 6.07) is 5.81. The Morgan fingerprint density at radius 1 is 1.23 bits per heavy atom. The van der Waals surface area contributed by atoms with Gasteiger partial charge in [-0.1, -0.05) is 38.6 Å². The molecule has 1 aliphatic carbocycles. The number of hydrogen-bond acceptors (Lipinski definition) is 8. The molecule has 1 atom stereocenters. The molecule has 7 nitrogen and oxygen atoms in total. The minimum absolute atomic E-state index is 0.113. The Morgan fingerprint density at radius 2 is 2.03 bits per heavy atom. The van der Waals surface area contributed by atoms with Crippen LogP contribution in [0.25, 0.3) is 0 Å². The highest BCUT2D eigenvalue weighted by Gasteiger charge is 2.42. The summed E-state index contributed by atoms with van der Waals surface area (Å²) in [7, 11) is 0. The number of allylic oxidation sites excluding steroid dienone is 2. The minimum atomic E-state index is -0.338. The van der Waals surface area contributed by atoms with E-state index in [9.17, 15) is 4.79 Å². The molecule has 0 spiro atoms. The van der Waals surface area contributed by atoms with Gasteiger partial charge >= 0.3 is 0 Å². The van der Waals surface area contributed by atoms with E-state index in [0.717, 1.165) is 41.0 Å². The number of nitrogens with zero attached hydrogens (tertiary/aromatic N) is 2. The third kappa shape index (κ3) is 3.52. The molecule has 0 radical (unpaired) electrons. The van der Waals surface area contributed by atoms with Gasteiger partial charge in [0.25, 0.3) is 0 Å². The van der Waals surface area contributed by atoms with Crippen molar-refractivity contribution in [1.82, 2.24) is 9.97 Å². The predicted molar refractivity (Wildman–Crippen MR) is 121 cm³/mol. The third-order valence-corrected chi connectivity index (χ3v) is 6.94. The van der Waals surface area contributed by atoms with Gasteiger partial charge in [-0.05, 0) is 36.0 Å². The fraction of sp³-hybridized carbons (Fsp3) is 0.435. The quantitative estimate of drug-likeness (QED) is 0.532. The summed E-state index contributed by atoms with van der Waals surface area (Å²) in [6.07, 6.45) is 2.29. The summed E-state index contributed by atoms with van der Waals surface area (Å²) in [5.74, 6) is 3.20. The minimum Gasteiger partial charge on any atom is -0.454 e. The topological polar surface area (TPSA) is 99.4 Å². The number of nitrogen functional groups attached to an aromatic ring is 1. The molecule has 1 aromatic carbocycles. The van der Waals surface area contributed by atoms with E-state index in [4.69, 9.17) is 20.2 Å². The Morgan fingerprint density at radius 3 is 2.84 bits per heavy atom. The molecule has 0 saturated heterocycles. The van der Waals surface area contributed by atoms with Gasteiger partial charge in [-0.25, -0.2) is 9.97 Å². The van der Waals surface area contributed by atoms with Gasteiger partial charge < -0.3 is 20.5 Å². The molecule has 3 heterocycles. The molecule has 5 rings (SSSR count). The first kappa shape index (κ1) is 20.2. The van der Waals surface area contributed by atoms with Gasteiger partial charge in [0.15, 0.2) is 22.4 Å². The number of carbonyl (C=O) groups excluding carboxylic acids is 1. The van der Waals surface area contributed by atoms with Crippen molar-refractivity contribution in [2.24, 2.45) is 5.41 Å². The van der Waals surface area contributed by atoms with Crippen molar-refractivity contribution in [3.05, 3.63) is 40.6 Å². The lowest BCUT2D eigenvalue weighted by Gasteiger charge is -2.39. The molecule has 8 heteroatoms. The van der Waals surface area contributed by atoms with Gasteiger partial charge in [0, 0.05) is 34.9 Å². The number of nitrogens with two attached hydrogens (primary N) is 1. The van der Waals surface area contributed by atoms with Crippen LogP contribution in [0.5, 0.6) is 11.5 Å². The van der Waals surface area contributed by atoms with Crippen LogP contribution in [-0.2, 0) is 4.79 Å². The maximum Gasteiger partial charge on any atom is 0.231 e. The highest BCUT2D eigenvalue weighted by molar-refractivity contribution is 7.99. The van der Waals surface area contributed by atoms with Crippen LogP contribution < -0.4 is 20.5 Å². The number of anilines is 2. The summed E-state index contributed by atoms with van der Waals surface area (Å²) in [4.78, 5) is 22.7. The van der Waals surface area contributed by atoms with E-state index < -0.39 is 0 Å². The van der Waals surface area contributed by atoms with Crippen LogP contribution in [0.4, 0.5) is 11.6 Å². The molecule has 2 aliphatic heterocycles. The van der Waals surface area contributed by atoms with Crippen molar-refractivity contribution >= 4 is 29.2 Å². The van der Waals surface area contributed by atoms with Crippen LogP contribution in [0.15, 0.2) is 34.6 Å². The lowest BCUT2D eigenvalue weighted by molar-refractivity contribution is -0.118. The number of Topliss-reactive ketones (excluding diaryl/α,β-unsaturated/α-hetero) is 1. The molecular weight excluding hydrogens is 412 g/mol. The van der Waals surface area contributed by atoms with Crippen molar-refractivity contribution in [1.29, 1.82) is 0 Å². The first-order valence-electron chi connectivity index (χ1n) is 10.6. The van der Waals surface area contributed by atoms with Crippen LogP contribution in [0, 0.1) is 5.41 Å². The van der Waals surface area contributed by atoms with Crippen molar-refractivity contribution < 1.29 is 14.3 Å². The summed E-state index contributed by atoms with van der Waals surface area (Å²) >= 11 is 1.59. The second-order valence-electron chi connectivity index (χ2n) is 9.01. The fourth-order valence-electron chi connectivity index (χ4n) is 4.60.